The largest absolute Gasteiger partial charge is 0.457 e. The second kappa shape index (κ2) is 7.81. The lowest BCUT2D eigenvalue weighted by Crippen LogP contribution is -2.61. The van der Waals surface area contributed by atoms with Crippen molar-refractivity contribution in [2.24, 2.45) is 0 Å². The number of likely N-dealkylation sites (tertiary alicyclic amines) is 1. The number of carbonyl (C=O) groups is 3. The van der Waals surface area contributed by atoms with Crippen molar-refractivity contribution in [2.45, 2.75) is 39.0 Å². The molecule has 3 atom stereocenters. The van der Waals surface area contributed by atoms with E-state index in [0.717, 1.165) is 5.69 Å². The van der Waals surface area contributed by atoms with Gasteiger partial charge in [0, 0.05) is 33.0 Å². The first-order valence-electron chi connectivity index (χ1n) is 7.78. The van der Waals surface area contributed by atoms with Crippen LogP contribution in [0.1, 0.15) is 20.8 Å². The SMILES string of the molecule is CC(=O)O[C@H]1[C@H](Nc2ccccc2)CN(C(C)=O)C[C@H]1OC(C)=O. The van der Waals surface area contributed by atoms with E-state index in [1.54, 1.807) is 4.90 Å². The van der Waals surface area contributed by atoms with Crippen molar-refractivity contribution in [3.8, 4) is 0 Å². The normalized spacial score (nSPS) is 23.3. The fourth-order valence-corrected chi connectivity index (χ4v) is 2.80. The minimum atomic E-state index is -0.717. The molecule has 1 aromatic carbocycles. The number of esters is 2. The fourth-order valence-electron chi connectivity index (χ4n) is 2.80. The number of nitrogens with one attached hydrogen (secondary N) is 1. The molecule has 1 N–H and O–H groups in total. The van der Waals surface area contributed by atoms with Gasteiger partial charge in [0.2, 0.25) is 5.91 Å². The van der Waals surface area contributed by atoms with Crippen molar-refractivity contribution in [1.29, 1.82) is 0 Å². The number of anilines is 1. The molecule has 1 amide bonds. The number of amides is 1. The summed E-state index contributed by atoms with van der Waals surface area (Å²) in [6, 6.07) is 8.99. The second-order valence-corrected chi connectivity index (χ2v) is 5.76. The van der Waals surface area contributed by atoms with Gasteiger partial charge >= 0.3 is 11.9 Å². The summed E-state index contributed by atoms with van der Waals surface area (Å²) in [7, 11) is 0. The summed E-state index contributed by atoms with van der Waals surface area (Å²) in [4.78, 5) is 36.3. The van der Waals surface area contributed by atoms with Crippen LogP contribution in [-0.4, -0.2) is 54.1 Å². The van der Waals surface area contributed by atoms with E-state index in [4.69, 9.17) is 9.47 Å². The van der Waals surface area contributed by atoms with Crippen LogP contribution in [0, 0.1) is 0 Å². The minimum absolute atomic E-state index is 0.131. The molecular formula is C17H22N2O5. The molecule has 1 aliphatic rings. The van der Waals surface area contributed by atoms with Gasteiger partial charge in [-0.05, 0) is 12.1 Å². The van der Waals surface area contributed by atoms with Crippen molar-refractivity contribution < 1.29 is 23.9 Å². The van der Waals surface area contributed by atoms with E-state index >= 15 is 0 Å². The average Bonchev–Trinajstić information content (AvgIpc) is 2.50. The summed E-state index contributed by atoms with van der Waals surface area (Å²) in [5.41, 5.74) is 0.826. The Balaban J connectivity index is 2.26. The van der Waals surface area contributed by atoms with Gasteiger partial charge in [0.05, 0.1) is 12.6 Å². The van der Waals surface area contributed by atoms with Crippen molar-refractivity contribution in [3.63, 3.8) is 0 Å². The Hall–Kier alpha value is -2.57. The maximum Gasteiger partial charge on any atom is 0.303 e. The van der Waals surface area contributed by atoms with Gasteiger partial charge in [0.15, 0.2) is 12.2 Å². The number of benzene rings is 1. The Morgan fingerprint density at radius 2 is 1.62 bits per heavy atom. The molecule has 0 spiro atoms. The zero-order valence-electron chi connectivity index (χ0n) is 14.0. The first-order valence-corrected chi connectivity index (χ1v) is 7.78. The van der Waals surface area contributed by atoms with Crippen LogP contribution in [0.2, 0.25) is 0 Å². The first-order chi connectivity index (χ1) is 11.4. The summed E-state index contributed by atoms with van der Waals surface area (Å²) in [6.45, 7) is 4.59. The fraction of sp³-hybridized carbons (Fsp3) is 0.471. The van der Waals surface area contributed by atoms with Crippen LogP contribution in [0.5, 0.6) is 0 Å². The molecule has 0 radical (unpaired) electrons. The number of hydrogen-bond acceptors (Lipinski definition) is 6. The summed E-state index contributed by atoms with van der Waals surface area (Å²) in [5.74, 6) is -1.08. The van der Waals surface area contributed by atoms with Crippen LogP contribution in [0.15, 0.2) is 30.3 Å². The van der Waals surface area contributed by atoms with Gasteiger partial charge in [-0.25, -0.2) is 0 Å². The molecule has 1 aliphatic heterocycles. The van der Waals surface area contributed by atoms with Crippen LogP contribution in [0.3, 0.4) is 0 Å². The van der Waals surface area contributed by atoms with Crippen LogP contribution in [0.4, 0.5) is 5.69 Å². The highest BCUT2D eigenvalue weighted by Gasteiger charge is 2.42. The van der Waals surface area contributed by atoms with Gasteiger partial charge in [-0.3, -0.25) is 14.4 Å². The molecule has 1 fully saturated rings. The van der Waals surface area contributed by atoms with Gasteiger partial charge in [-0.1, -0.05) is 18.2 Å². The quantitative estimate of drug-likeness (QED) is 0.833. The Morgan fingerprint density at radius 3 is 2.17 bits per heavy atom. The lowest BCUT2D eigenvalue weighted by atomic mass is 9.98. The van der Waals surface area contributed by atoms with Gasteiger partial charge in [0.1, 0.15) is 0 Å². The van der Waals surface area contributed by atoms with E-state index in [0.29, 0.717) is 6.54 Å². The number of nitrogens with zero attached hydrogens (tertiary/aromatic N) is 1. The molecule has 0 bridgehead atoms. The molecular weight excluding hydrogens is 312 g/mol. The van der Waals surface area contributed by atoms with Crippen LogP contribution >= 0.6 is 0 Å². The zero-order valence-corrected chi connectivity index (χ0v) is 14.0. The van der Waals surface area contributed by atoms with Crippen molar-refractivity contribution >= 4 is 23.5 Å². The van der Waals surface area contributed by atoms with Gasteiger partial charge in [-0.15, -0.1) is 0 Å². The van der Waals surface area contributed by atoms with Crippen molar-refractivity contribution in [3.05, 3.63) is 30.3 Å². The highest BCUT2D eigenvalue weighted by molar-refractivity contribution is 5.74. The van der Waals surface area contributed by atoms with E-state index in [-0.39, 0.29) is 12.5 Å². The highest BCUT2D eigenvalue weighted by atomic mass is 16.6. The van der Waals surface area contributed by atoms with Crippen molar-refractivity contribution in [1.82, 2.24) is 4.90 Å². The standard InChI is InChI=1S/C17H22N2O5/c1-11(20)19-9-15(18-14-7-5-4-6-8-14)17(24-13(3)22)16(10-19)23-12(2)21/h4-8,15-18H,9-10H2,1-3H3/t15-,16-,17+/m1/s1. The Bertz CT molecular complexity index is 604. The Kier molecular flexibility index (Phi) is 5.78. The molecule has 1 heterocycles. The molecule has 2 rings (SSSR count). The van der Waals surface area contributed by atoms with Crippen LogP contribution < -0.4 is 5.32 Å². The molecule has 0 unspecified atom stereocenters. The lowest BCUT2D eigenvalue weighted by Gasteiger charge is -2.42. The minimum Gasteiger partial charge on any atom is -0.457 e. The summed E-state index contributed by atoms with van der Waals surface area (Å²) in [6.07, 6.45) is -1.40. The number of piperidine rings is 1. The number of rotatable bonds is 4. The van der Waals surface area contributed by atoms with E-state index < -0.39 is 30.2 Å². The predicted octanol–water partition coefficient (Wildman–Crippen LogP) is 1.19. The topological polar surface area (TPSA) is 84.9 Å². The summed E-state index contributed by atoms with van der Waals surface area (Å²) < 4.78 is 10.7. The highest BCUT2D eigenvalue weighted by Crippen LogP contribution is 2.22. The number of carbonyl (C=O) groups excluding carboxylic acids is 3. The number of para-hydroxylation sites is 1. The smallest absolute Gasteiger partial charge is 0.303 e. The average molecular weight is 334 g/mol. The molecule has 1 aromatic rings. The Morgan fingerprint density at radius 1 is 1.00 bits per heavy atom. The van der Waals surface area contributed by atoms with Gasteiger partial charge < -0.3 is 19.7 Å². The third-order valence-electron chi connectivity index (χ3n) is 3.77. The van der Waals surface area contributed by atoms with E-state index in [1.807, 2.05) is 30.3 Å². The molecule has 24 heavy (non-hydrogen) atoms. The van der Waals surface area contributed by atoms with E-state index in [1.165, 1.54) is 20.8 Å². The molecule has 0 aliphatic carbocycles. The Labute approximate surface area is 140 Å². The molecule has 7 heteroatoms. The van der Waals surface area contributed by atoms with Gasteiger partial charge in [-0.2, -0.15) is 0 Å². The third kappa shape index (κ3) is 4.71. The van der Waals surface area contributed by atoms with Crippen molar-refractivity contribution in [2.75, 3.05) is 18.4 Å². The maximum absolute atomic E-state index is 11.8. The number of hydrogen-bond donors (Lipinski definition) is 1. The molecule has 130 valence electrons. The van der Waals surface area contributed by atoms with E-state index in [2.05, 4.69) is 5.32 Å². The van der Waals surface area contributed by atoms with Crippen LogP contribution in [-0.2, 0) is 23.9 Å². The van der Waals surface area contributed by atoms with Gasteiger partial charge in [0.25, 0.3) is 0 Å². The lowest BCUT2D eigenvalue weighted by molar-refractivity contribution is -0.174. The van der Waals surface area contributed by atoms with Crippen LogP contribution in [0.25, 0.3) is 0 Å². The number of ether oxygens (including phenoxy) is 2. The zero-order chi connectivity index (χ0) is 17.7. The summed E-state index contributed by atoms with van der Waals surface area (Å²) >= 11 is 0. The summed E-state index contributed by atoms with van der Waals surface area (Å²) in [5, 5.41) is 3.26. The molecule has 1 saturated heterocycles. The first kappa shape index (κ1) is 17.8. The third-order valence-corrected chi connectivity index (χ3v) is 3.77. The molecule has 0 aromatic heterocycles. The monoisotopic (exact) mass is 334 g/mol. The molecule has 0 saturated carbocycles. The second-order valence-electron chi connectivity index (χ2n) is 5.76. The van der Waals surface area contributed by atoms with E-state index in [9.17, 15) is 14.4 Å². The predicted molar refractivity (Wildman–Crippen MR) is 87.2 cm³/mol. The maximum atomic E-state index is 11.8. The molecule has 7 nitrogen and oxygen atoms in total.